The third-order valence-corrected chi connectivity index (χ3v) is 0. The maximum absolute atomic E-state index is 9.56. The zero-order valence-electron chi connectivity index (χ0n) is 9.16. The summed E-state index contributed by atoms with van der Waals surface area (Å²) in [6.07, 6.45) is 3.28. The summed E-state index contributed by atoms with van der Waals surface area (Å²) >= 11 is -0.611. The molecule has 0 aromatic carbocycles. The van der Waals surface area contributed by atoms with Crippen LogP contribution in [0.1, 0.15) is 0 Å². The van der Waals surface area contributed by atoms with Gasteiger partial charge in [-0.3, -0.25) is 0 Å². The fraction of sp³-hybridized carbons (Fsp3) is 1.00. The summed E-state index contributed by atoms with van der Waals surface area (Å²) in [4.78, 5) is 0. The molecule has 2 N–H and O–H groups in total. The number of quaternary nitrogens is 1. The first-order valence-corrected chi connectivity index (χ1v) is 5.19. The predicted octanol–water partition coefficient (Wildman–Crippen LogP) is -0.251. The number of hydrogen-bond acceptors (Lipinski definition) is 3. The molecule has 0 aliphatic rings. The second-order valence-corrected chi connectivity index (χ2v) is 4.91. The highest BCUT2D eigenvalue weighted by atomic mass is 32.2. The Hall–Kier alpha value is 0.190. The van der Waals surface area contributed by atoms with Crippen LogP contribution in [0, 0.1) is 0 Å². The molecule has 0 saturated heterocycles. The van der Waals surface area contributed by atoms with Gasteiger partial charge in [-0.05, 0) is 0 Å². The van der Waals surface area contributed by atoms with E-state index in [0.717, 1.165) is 11.6 Å². The van der Waals surface area contributed by atoms with Crippen LogP contribution >= 0.6 is 0 Å². The summed E-state index contributed by atoms with van der Waals surface area (Å²) in [5.74, 6) is 0. The number of rotatable bonds is 0. The lowest BCUT2D eigenvalue weighted by atomic mass is 10.8. The van der Waals surface area contributed by atoms with Gasteiger partial charge in [-0.25, -0.2) is 0 Å². The minimum Gasteiger partial charge on any atom is -0.870 e. The standard InChI is InChI=1S/C4H12N.C2H6OS.CH4O.H2O/c1-5(2,3)4;1-4(2)3;1-2;/h1-4H3;1-2H3;2H,1H3;1H2/q+1;;;/p-1. The van der Waals surface area contributed by atoms with Crippen LogP contribution in [0.15, 0.2) is 0 Å². The SMILES string of the molecule is CO.C[N+](C)(C)C.C[S+](C)[O-].[OH-]. The first kappa shape index (κ1) is 22.8. The van der Waals surface area contributed by atoms with Gasteiger partial charge in [0.25, 0.3) is 0 Å². The number of aliphatic hydroxyl groups is 1. The zero-order chi connectivity index (χ0) is 10.1. The Morgan fingerprint density at radius 1 is 1.00 bits per heavy atom. The van der Waals surface area contributed by atoms with E-state index in [2.05, 4.69) is 28.2 Å². The van der Waals surface area contributed by atoms with Gasteiger partial charge < -0.3 is 19.6 Å². The Bertz CT molecular complexity index is 55.4. The second kappa shape index (κ2) is 13.8. The second-order valence-electron chi connectivity index (χ2n) is 3.42. The fourth-order valence-electron chi connectivity index (χ4n) is 0. The predicted molar refractivity (Wildman–Crippen MR) is 54.0 cm³/mol. The molecule has 0 amide bonds. The van der Waals surface area contributed by atoms with E-state index in [1.54, 1.807) is 12.5 Å². The summed E-state index contributed by atoms with van der Waals surface area (Å²) in [6.45, 7) is 0. The van der Waals surface area contributed by atoms with Gasteiger partial charge in [-0.2, -0.15) is 0 Å². The largest absolute Gasteiger partial charge is 0.870 e. The Morgan fingerprint density at radius 2 is 1.00 bits per heavy atom. The molecule has 0 fully saturated rings. The number of hydrogen-bond donors (Lipinski definition) is 1. The highest BCUT2D eigenvalue weighted by Crippen LogP contribution is 1.73. The van der Waals surface area contributed by atoms with Crippen molar-refractivity contribution in [3.8, 4) is 0 Å². The molecule has 5 heteroatoms. The van der Waals surface area contributed by atoms with Crippen LogP contribution in [0.4, 0.5) is 0 Å². The maximum atomic E-state index is 9.56. The van der Waals surface area contributed by atoms with Crippen LogP contribution in [-0.4, -0.2) is 67.4 Å². The van der Waals surface area contributed by atoms with Gasteiger partial charge in [0.2, 0.25) is 0 Å². The number of nitrogens with zero attached hydrogens (tertiary/aromatic N) is 1. The number of aliphatic hydroxyl groups excluding tert-OH is 1. The molecular formula is C7H23NO3S. The van der Waals surface area contributed by atoms with Crippen molar-refractivity contribution in [3.63, 3.8) is 0 Å². The van der Waals surface area contributed by atoms with Crippen LogP contribution < -0.4 is 0 Å². The highest BCUT2D eigenvalue weighted by Gasteiger charge is 1.88. The smallest absolute Gasteiger partial charge is 0.0946 e. The Labute approximate surface area is 79.3 Å². The zero-order valence-corrected chi connectivity index (χ0v) is 9.97. The average molecular weight is 201 g/mol. The van der Waals surface area contributed by atoms with E-state index in [1.807, 2.05) is 0 Å². The van der Waals surface area contributed by atoms with Gasteiger partial charge in [-0.1, -0.05) is 11.2 Å². The molecule has 0 aliphatic heterocycles. The van der Waals surface area contributed by atoms with Crippen LogP contribution in [0.3, 0.4) is 0 Å². The van der Waals surface area contributed by atoms with E-state index < -0.39 is 11.2 Å². The lowest BCUT2D eigenvalue weighted by Crippen LogP contribution is -2.27. The van der Waals surface area contributed by atoms with Crippen molar-refractivity contribution >= 4 is 11.2 Å². The molecule has 80 valence electrons. The van der Waals surface area contributed by atoms with Crippen LogP contribution in [-0.2, 0) is 11.2 Å². The molecule has 4 nitrogen and oxygen atoms in total. The van der Waals surface area contributed by atoms with E-state index in [1.165, 1.54) is 0 Å². The lowest BCUT2D eigenvalue weighted by Gasteiger charge is -2.14. The van der Waals surface area contributed by atoms with Crippen molar-refractivity contribution in [1.82, 2.24) is 0 Å². The molecule has 0 aromatic heterocycles. The van der Waals surface area contributed by atoms with Crippen LogP contribution in [0.2, 0.25) is 0 Å². The van der Waals surface area contributed by atoms with Gasteiger partial charge in [-0.15, -0.1) is 0 Å². The first-order chi connectivity index (χ1) is 4.73. The van der Waals surface area contributed by atoms with Crippen molar-refractivity contribution in [1.29, 1.82) is 0 Å². The molecule has 0 unspecified atom stereocenters. The minimum absolute atomic E-state index is 0. The van der Waals surface area contributed by atoms with E-state index >= 15 is 0 Å². The molecule has 0 aliphatic carbocycles. The summed E-state index contributed by atoms with van der Waals surface area (Å²) in [7, 11) is 9.50. The monoisotopic (exact) mass is 201 g/mol. The summed E-state index contributed by atoms with van der Waals surface area (Å²) in [6, 6.07) is 0. The molecule has 0 heterocycles. The molecule has 0 bridgehead atoms. The van der Waals surface area contributed by atoms with Crippen molar-refractivity contribution < 1.29 is 19.6 Å². The van der Waals surface area contributed by atoms with Gasteiger partial charge in [0, 0.05) is 7.11 Å². The Morgan fingerprint density at radius 3 is 1.00 bits per heavy atom. The molecule has 0 atom stereocenters. The van der Waals surface area contributed by atoms with Crippen molar-refractivity contribution in [3.05, 3.63) is 0 Å². The minimum atomic E-state index is -0.611. The molecule has 0 radical (unpaired) electrons. The summed E-state index contributed by atoms with van der Waals surface area (Å²) in [5, 5.41) is 7.00. The molecular weight excluding hydrogens is 178 g/mol. The normalized spacial score (nSPS) is 8.50. The van der Waals surface area contributed by atoms with Crippen molar-refractivity contribution in [2.24, 2.45) is 0 Å². The Kier molecular flexibility index (Phi) is 26.1. The maximum Gasteiger partial charge on any atom is 0.0946 e. The quantitative estimate of drug-likeness (QED) is 0.434. The molecule has 0 spiro atoms. The summed E-state index contributed by atoms with van der Waals surface area (Å²) < 4.78 is 10.6. The lowest BCUT2D eigenvalue weighted by molar-refractivity contribution is -0.849. The third-order valence-electron chi connectivity index (χ3n) is 0. The Balaban J connectivity index is -0.0000000419. The van der Waals surface area contributed by atoms with E-state index in [4.69, 9.17) is 5.11 Å². The summed E-state index contributed by atoms with van der Waals surface area (Å²) in [5.41, 5.74) is 0. The van der Waals surface area contributed by atoms with Crippen molar-refractivity contribution in [2.45, 2.75) is 0 Å². The topological polar surface area (TPSA) is 73.3 Å². The first-order valence-electron chi connectivity index (χ1n) is 3.22. The van der Waals surface area contributed by atoms with Crippen molar-refractivity contribution in [2.75, 3.05) is 47.8 Å². The average Bonchev–Trinajstić information content (AvgIpc) is 1.63. The van der Waals surface area contributed by atoms with E-state index in [0.29, 0.717) is 0 Å². The molecule has 0 aromatic rings. The highest BCUT2D eigenvalue weighted by molar-refractivity contribution is 7.89. The molecule has 0 rings (SSSR count). The van der Waals surface area contributed by atoms with Gasteiger partial charge in [0.05, 0.1) is 40.7 Å². The third kappa shape index (κ3) is 23800. The van der Waals surface area contributed by atoms with Gasteiger partial charge >= 0.3 is 0 Å². The van der Waals surface area contributed by atoms with Gasteiger partial charge in [0.15, 0.2) is 0 Å². The molecule has 12 heavy (non-hydrogen) atoms. The fourth-order valence-corrected chi connectivity index (χ4v) is 0. The van der Waals surface area contributed by atoms with Crippen LogP contribution in [0.5, 0.6) is 0 Å². The van der Waals surface area contributed by atoms with Gasteiger partial charge in [0.1, 0.15) is 0 Å². The molecule has 0 saturated carbocycles. The van der Waals surface area contributed by atoms with E-state index in [9.17, 15) is 4.55 Å². The van der Waals surface area contributed by atoms with Crippen LogP contribution in [0.25, 0.3) is 0 Å². The van der Waals surface area contributed by atoms with E-state index in [-0.39, 0.29) is 5.48 Å².